The van der Waals surface area contributed by atoms with Crippen LogP contribution in [0.3, 0.4) is 0 Å². The lowest BCUT2D eigenvalue weighted by molar-refractivity contribution is 0.0697. The van der Waals surface area contributed by atoms with E-state index in [2.05, 4.69) is 17.5 Å². The van der Waals surface area contributed by atoms with E-state index >= 15 is 0 Å². The summed E-state index contributed by atoms with van der Waals surface area (Å²) in [5.41, 5.74) is 4.45. The summed E-state index contributed by atoms with van der Waals surface area (Å²) in [6.07, 6.45) is 3.48. The molecule has 0 saturated carbocycles. The van der Waals surface area contributed by atoms with Crippen molar-refractivity contribution in [1.29, 1.82) is 0 Å². The van der Waals surface area contributed by atoms with Crippen LogP contribution in [0.5, 0.6) is 11.5 Å². The van der Waals surface area contributed by atoms with Crippen LogP contribution in [-0.2, 0) is 0 Å². The van der Waals surface area contributed by atoms with Gasteiger partial charge in [-0.3, -0.25) is 5.43 Å². The second-order valence-corrected chi connectivity index (χ2v) is 5.65. The van der Waals surface area contributed by atoms with Crippen molar-refractivity contribution in [2.24, 2.45) is 5.10 Å². The van der Waals surface area contributed by atoms with Crippen molar-refractivity contribution >= 4 is 17.9 Å². The van der Waals surface area contributed by atoms with Crippen molar-refractivity contribution < 1.29 is 19.4 Å². The van der Waals surface area contributed by atoms with Crippen LogP contribution in [0.25, 0.3) is 0 Å². The normalized spacial score (nSPS) is 10.7. The number of nitrogens with zero attached hydrogens (tertiary/aromatic N) is 1. The molecular weight excluding hydrogens is 332 g/mol. The van der Waals surface area contributed by atoms with Crippen LogP contribution in [0, 0.1) is 0 Å². The van der Waals surface area contributed by atoms with Gasteiger partial charge in [0.05, 0.1) is 30.7 Å². The maximum absolute atomic E-state index is 11.0. The van der Waals surface area contributed by atoms with E-state index in [1.165, 1.54) is 12.1 Å². The SMILES string of the molecule is CCCOc1ccc(C=NNc2cccc(C(=O)O)c2)c(OCCC)c1. The summed E-state index contributed by atoms with van der Waals surface area (Å²) in [5, 5.41) is 13.2. The van der Waals surface area contributed by atoms with E-state index in [0.717, 1.165) is 24.2 Å². The number of benzene rings is 2. The second kappa shape index (κ2) is 10.1. The van der Waals surface area contributed by atoms with E-state index in [1.54, 1.807) is 18.3 Å². The average molecular weight is 356 g/mol. The molecule has 0 heterocycles. The first-order valence-corrected chi connectivity index (χ1v) is 8.66. The van der Waals surface area contributed by atoms with Crippen molar-refractivity contribution in [3.63, 3.8) is 0 Å². The number of carboxylic acids is 1. The van der Waals surface area contributed by atoms with Crippen LogP contribution in [0.2, 0.25) is 0 Å². The zero-order valence-electron chi connectivity index (χ0n) is 15.1. The number of hydrogen-bond acceptors (Lipinski definition) is 5. The number of carboxylic acid groups (broad SMARTS) is 1. The van der Waals surface area contributed by atoms with Crippen molar-refractivity contribution in [1.82, 2.24) is 0 Å². The predicted molar refractivity (Wildman–Crippen MR) is 103 cm³/mol. The minimum atomic E-state index is -0.976. The molecule has 2 aromatic carbocycles. The molecule has 0 bridgehead atoms. The second-order valence-electron chi connectivity index (χ2n) is 5.65. The third kappa shape index (κ3) is 5.81. The molecule has 0 aliphatic carbocycles. The Labute approximate surface area is 153 Å². The van der Waals surface area contributed by atoms with Gasteiger partial charge in [0.25, 0.3) is 0 Å². The number of hydrogen-bond donors (Lipinski definition) is 2. The number of carbonyl (C=O) groups is 1. The average Bonchev–Trinajstić information content (AvgIpc) is 2.66. The molecule has 0 unspecified atom stereocenters. The zero-order chi connectivity index (χ0) is 18.8. The summed E-state index contributed by atoms with van der Waals surface area (Å²) in [6, 6.07) is 12.1. The molecule has 26 heavy (non-hydrogen) atoms. The predicted octanol–water partition coefficient (Wildman–Crippen LogP) is 4.41. The molecule has 0 amide bonds. The Balaban J connectivity index is 2.12. The number of nitrogens with one attached hydrogen (secondary N) is 1. The van der Waals surface area contributed by atoms with Crippen molar-refractivity contribution in [2.45, 2.75) is 26.7 Å². The Hall–Kier alpha value is -3.02. The minimum absolute atomic E-state index is 0.203. The largest absolute Gasteiger partial charge is 0.493 e. The van der Waals surface area contributed by atoms with E-state index in [9.17, 15) is 4.79 Å². The van der Waals surface area contributed by atoms with Crippen LogP contribution in [-0.4, -0.2) is 30.5 Å². The van der Waals surface area contributed by atoms with Crippen LogP contribution >= 0.6 is 0 Å². The number of aromatic carboxylic acids is 1. The Bertz CT molecular complexity index is 759. The first-order chi connectivity index (χ1) is 12.6. The summed E-state index contributed by atoms with van der Waals surface area (Å²) in [5.74, 6) is 0.484. The van der Waals surface area contributed by atoms with Crippen molar-refractivity contribution in [3.8, 4) is 11.5 Å². The molecule has 0 aromatic heterocycles. The summed E-state index contributed by atoms with van der Waals surface area (Å²) in [4.78, 5) is 11.0. The van der Waals surface area contributed by atoms with E-state index < -0.39 is 5.97 Å². The maximum atomic E-state index is 11.0. The molecule has 0 radical (unpaired) electrons. The summed E-state index contributed by atoms with van der Waals surface area (Å²) < 4.78 is 11.4. The van der Waals surface area contributed by atoms with Crippen LogP contribution in [0.15, 0.2) is 47.6 Å². The van der Waals surface area contributed by atoms with Crippen LogP contribution in [0.1, 0.15) is 42.6 Å². The van der Waals surface area contributed by atoms with Gasteiger partial charge in [-0.25, -0.2) is 4.79 Å². The molecule has 0 aliphatic heterocycles. The number of anilines is 1. The molecular formula is C20H24N2O4. The lowest BCUT2D eigenvalue weighted by Gasteiger charge is -2.11. The van der Waals surface area contributed by atoms with Gasteiger partial charge in [-0.1, -0.05) is 19.9 Å². The Kier molecular flexibility index (Phi) is 7.49. The molecule has 2 N–H and O–H groups in total. The molecule has 2 aromatic rings. The number of ether oxygens (including phenoxy) is 2. The smallest absolute Gasteiger partial charge is 0.335 e. The third-order valence-electron chi connectivity index (χ3n) is 3.43. The van der Waals surface area contributed by atoms with Crippen molar-refractivity contribution in [3.05, 3.63) is 53.6 Å². The van der Waals surface area contributed by atoms with Gasteiger partial charge in [0.15, 0.2) is 0 Å². The highest BCUT2D eigenvalue weighted by atomic mass is 16.5. The summed E-state index contributed by atoms with van der Waals surface area (Å²) in [7, 11) is 0. The topological polar surface area (TPSA) is 80.2 Å². The van der Waals surface area contributed by atoms with Gasteiger partial charge in [0.2, 0.25) is 0 Å². The molecule has 2 rings (SSSR count). The molecule has 0 aliphatic rings. The lowest BCUT2D eigenvalue weighted by Crippen LogP contribution is -2.02. The quantitative estimate of drug-likeness (QED) is 0.487. The van der Waals surface area contributed by atoms with Gasteiger partial charge in [-0.05, 0) is 43.2 Å². The van der Waals surface area contributed by atoms with E-state index in [4.69, 9.17) is 14.6 Å². The van der Waals surface area contributed by atoms with Gasteiger partial charge >= 0.3 is 5.97 Å². The molecule has 6 heteroatoms. The number of hydrazone groups is 1. The zero-order valence-corrected chi connectivity index (χ0v) is 15.1. The monoisotopic (exact) mass is 356 g/mol. The Morgan fingerprint density at radius 2 is 1.88 bits per heavy atom. The molecule has 0 spiro atoms. The van der Waals surface area contributed by atoms with Gasteiger partial charge in [-0.15, -0.1) is 0 Å². The molecule has 0 fully saturated rings. The fourth-order valence-electron chi connectivity index (χ4n) is 2.17. The van der Waals surface area contributed by atoms with Gasteiger partial charge in [0.1, 0.15) is 11.5 Å². The highest BCUT2D eigenvalue weighted by Gasteiger charge is 2.05. The summed E-state index contributed by atoms with van der Waals surface area (Å²) in [6.45, 7) is 5.36. The number of rotatable bonds is 10. The Morgan fingerprint density at radius 1 is 1.12 bits per heavy atom. The van der Waals surface area contributed by atoms with E-state index in [0.29, 0.717) is 24.7 Å². The van der Waals surface area contributed by atoms with E-state index in [-0.39, 0.29) is 5.56 Å². The van der Waals surface area contributed by atoms with Crippen molar-refractivity contribution in [2.75, 3.05) is 18.6 Å². The standard InChI is InChI=1S/C20H24N2O4/c1-3-10-25-18-9-8-16(19(13-18)26-11-4-2)14-21-22-17-7-5-6-15(12-17)20(23)24/h5-9,12-14,22H,3-4,10-11H2,1-2H3,(H,23,24). The van der Waals surface area contributed by atoms with Crippen LogP contribution in [0.4, 0.5) is 5.69 Å². The lowest BCUT2D eigenvalue weighted by atomic mass is 10.2. The molecule has 0 saturated heterocycles. The summed E-state index contributed by atoms with van der Waals surface area (Å²) >= 11 is 0. The van der Waals surface area contributed by atoms with Gasteiger partial charge < -0.3 is 14.6 Å². The Morgan fingerprint density at radius 3 is 2.62 bits per heavy atom. The molecule has 138 valence electrons. The van der Waals surface area contributed by atoms with Gasteiger partial charge in [0, 0.05) is 11.6 Å². The minimum Gasteiger partial charge on any atom is -0.493 e. The fourth-order valence-corrected chi connectivity index (χ4v) is 2.17. The fraction of sp³-hybridized carbons (Fsp3) is 0.300. The van der Waals surface area contributed by atoms with E-state index in [1.807, 2.05) is 25.1 Å². The third-order valence-corrected chi connectivity index (χ3v) is 3.43. The molecule has 6 nitrogen and oxygen atoms in total. The highest BCUT2D eigenvalue weighted by molar-refractivity contribution is 5.89. The van der Waals surface area contributed by atoms with Crippen LogP contribution < -0.4 is 14.9 Å². The van der Waals surface area contributed by atoms with Gasteiger partial charge in [-0.2, -0.15) is 5.10 Å². The first kappa shape index (κ1) is 19.3. The highest BCUT2D eigenvalue weighted by Crippen LogP contribution is 2.24. The first-order valence-electron chi connectivity index (χ1n) is 8.66. The maximum Gasteiger partial charge on any atom is 0.335 e. The molecule has 0 atom stereocenters.